The quantitative estimate of drug-likeness (QED) is 0.863. The molecule has 0 bridgehead atoms. The Kier molecular flexibility index (Phi) is 5.94. The van der Waals surface area contributed by atoms with Crippen LogP contribution in [0.4, 0.5) is 5.69 Å². The fourth-order valence-electron chi connectivity index (χ4n) is 3.28. The molecule has 0 radical (unpaired) electrons. The van der Waals surface area contributed by atoms with E-state index in [1.807, 2.05) is 30.3 Å². The zero-order valence-corrected chi connectivity index (χ0v) is 15.3. The standard InChI is InChI=1S/C20H25N3O3/c1-25-18-4-3-16(19(13-18)26-2)14-22-20(24)15-7-11-23(12-8-15)17-5-9-21-10-6-17/h3-6,9-10,13,15H,7-8,11-12,14H2,1-2H3,(H,22,24). The Bertz CT molecular complexity index is 728. The van der Waals surface area contributed by atoms with Crippen LogP contribution in [0.3, 0.4) is 0 Å². The van der Waals surface area contributed by atoms with E-state index in [9.17, 15) is 4.79 Å². The molecular weight excluding hydrogens is 330 g/mol. The fourth-order valence-corrected chi connectivity index (χ4v) is 3.28. The number of benzene rings is 1. The lowest BCUT2D eigenvalue weighted by atomic mass is 9.95. The first-order valence-electron chi connectivity index (χ1n) is 8.85. The monoisotopic (exact) mass is 355 g/mol. The Hall–Kier alpha value is -2.76. The Morgan fingerprint density at radius 1 is 1.15 bits per heavy atom. The summed E-state index contributed by atoms with van der Waals surface area (Å²) in [5, 5.41) is 3.05. The molecule has 26 heavy (non-hydrogen) atoms. The van der Waals surface area contributed by atoms with E-state index < -0.39 is 0 Å². The van der Waals surface area contributed by atoms with Gasteiger partial charge in [-0.3, -0.25) is 9.78 Å². The molecule has 0 spiro atoms. The van der Waals surface area contributed by atoms with Gasteiger partial charge in [-0.25, -0.2) is 0 Å². The Balaban J connectivity index is 1.52. The molecule has 1 aromatic carbocycles. The molecule has 1 fully saturated rings. The molecule has 2 heterocycles. The highest BCUT2D eigenvalue weighted by atomic mass is 16.5. The second kappa shape index (κ2) is 8.56. The summed E-state index contributed by atoms with van der Waals surface area (Å²) in [7, 11) is 3.24. The van der Waals surface area contributed by atoms with Gasteiger partial charge >= 0.3 is 0 Å². The van der Waals surface area contributed by atoms with Gasteiger partial charge in [-0.1, -0.05) is 0 Å². The van der Waals surface area contributed by atoms with Crippen molar-refractivity contribution in [3.8, 4) is 11.5 Å². The summed E-state index contributed by atoms with van der Waals surface area (Å²) in [6, 6.07) is 9.64. The molecule has 1 aromatic heterocycles. The number of ether oxygens (including phenoxy) is 2. The number of nitrogens with one attached hydrogen (secondary N) is 1. The molecule has 1 aliphatic heterocycles. The summed E-state index contributed by atoms with van der Waals surface area (Å²) in [6.45, 7) is 2.22. The minimum atomic E-state index is 0.0531. The number of anilines is 1. The molecule has 1 saturated heterocycles. The third-order valence-corrected chi connectivity index (χ3v) is 4.84. The van der Waals surface area contributed by atoms with Crippen LogP contribution in [0.25, 0.3) is 0 Å². The summed E-state index contributed by atoms with van der Waals surface area (Å²) in [5.74, 6) is 1.62. The smallest absolute Gasteiger partial charge is 0.223 e. The average Bonchev–Trinajstić information content (AvgIpc) is 2.72. The van der Waals surface area contributed by atoms with Crippen molar-refractivity contribution in [2.75, 3.05) is 32.2 Å². The fraction of sp³-hybridized carbons (Fsp3) is 0.400. The van der Waals surface area contributed by atoms with Gasteiger partial charge in [0.1, 0.15) is 11.5 Å². The number of methoxy groups -OCH3 is 2. The van der Waals surface area contributed by atoms with Gasteiger partial charge in [-0.05, 0) is 37.1 Å². The molecule has 2 aromatic rings. The first-order chi connectivity index (χ1) is 12.7. The Morgan fingerprint density at radius 2 is 1.88 bits per heavy atom. The molecule has 0 saturated carbocycles. The number of hydrogen-bond acceptors (Lipinski definition) is 5. The third kappa shape index (κ3) is 4.25. The SMILES string of the molecule is COc1ccc(CNC(=O)C2CCN(c3ccncc3)CC2)c(OC)c1. The van der Waals surface area contributed by atoms with Crippen LogP contribution in [0, 0.1) is 5.92 Å². The molecule has 0 aliphatic carbocycles. The maximum absolute atomic E-state index is 12.5. The summed E-state index contributed by atoms with van der Waals surface area (Å²) >= 11 is 0. The molecule has 0 unspecified atom stereocenters. The molecule has 1 N–H and O–H groups in total. The van der Waals surface area contributed by atoms with Crippen molar-refractivity contribution < 1.29 is 14.3 Å². The van der Waals surface area contributed by atoms with E-state index in [2.05, 4.69) is 15.2 Å². The van der Waals surface area contributed by atoms with E-state index in [-0.39, 0.29) is 11.8 Å². The van der Waals surface area contributed by atoms with Crippen molar-refractivity contribution >= 4 is 11.6 Å². The molecule has 0 atom stereocenters. The molecule has 1 aliphatic rings. The van der Waals surface area contributed by atoms with Crippen molar-refractivity contribution in [1.82, 2.24) is 10.3 Å². The molecule has 1 amide bonds. The molecule has 6 nitrogen and oxygen atoms in total. The highest BCUT2D eigenvalue weighted by molar-refractivity contribution is 5.79. The number of hydrogen-bond donors (Lipinski definition) is 1. The second-order valence-corrected chi connectivity index (χ2v) is 6.36. The van der Waals surface area contributed by atoms with Gasteiger partial charge in [0.2, 0.25) is 5.91 Å². The van der Waals surface area contributed by atoms with Crippen molar-refractivity contribution in [1.29, 1.82) is 0 Å². The number of amides is 1. The predicted molar refractivity (Wildman–Crippen MR) is 101 cm³/mol. The first kappa shape index (κ1) is 18.0. The minimum Gasteiger partial charge on any atom is -0.497 e. The van der Waals surface area contributed by atoms with Crippen molar-refractivity contribution in [3.63, 3.8) is 0 Å². The van der Waals surface area contributed by atoms with Gasteiger partial charge in [0.05, 0.1) is 14.2 Å². The zero-order chi connectivity index (χ0) is 18.4. The number of nitrogens with zero attached hydrogens (tertiary/aromatic N) is 2. The topological polar surface area (TPSA) is 63.7 Å². The van der Waals surface area contributed by atoms with Crippen molar-refractivity contribution in [2.24, 2.45) is 5.92 Å². The summed E-state index contributed by atoms with van der Waals surface area (Å²) in [4.78, 5) is 18.9. The largest absolute Gasteiger partial charge is 0.497 e. The lowest BCUT2D eigenvalue weighted by Gasteiger charge is -2.32. The normalized spacial score (nSPS) is 14.8. The average molecular weight is 355 g/mol. The van der Waals surface area contributed by atoms with Crippen LogP contribution in [0.2, 0.25) is 0 Å². The third-order valence-electron chi connectivity index (χ3n) is 4.84. The minimum absolute atomic E-state index is 0.0531. The van der Waals surface area contributed by atoms with E-state index >= 15 is 0 Å². The number of carbonyl (C=O) groups is 1. The maximum atomic E-state index is 12.5. The molecule has 6 heteroatoms. The Morgan fingerprint density at radius 3 is 2.54 bits per heavy atom. The molecule has 138 valence electrons. The van der Waals surface area contributed by atoms with Crippen LogP contribution >= 0.6 is 0 Å². The lowest BCUT2D eigenvalue weighted by Crippen LogP contribution is -2.40. The van der Waals surface area contributed by atoms with E-state index in [1.165, 1.54) is 5.69 Å². The second-order valence-electron chi connectivity index (χ2n) is 6.36. The number of piperidine rings is 1. The highest BCUT2D eigenvalue weighted by Gasteiger charge is 2.25. The number of carbonyl (C=O) groups excluding carboxylic acids is 1. The summed E-state index contributed by atoms with van der Waals surface area (Å²) in [6.07, 6.45) is 5.31. The lowest BCUT2D eigenvalue weighted by molar-refractivity contribution is -0.125. The van der Waals surface area contributed by atoms with Crippen LogP contribution in [0.5, 0.6) is 11.5 Å². The van der Waals surface area contributed by atoms with Gasteiger partial charge in [-0.2, -0.15) is 0 Å². The Labute approximate surface area is 154 Å². The predicted octanol–water partition coefficient (Wildman–Crippen LogP) is 2.63. The van der Waals surface area contributed by atoms with Crippen molar-refractivity contribution in [3.05, 3.63) is 48.3 Å². The summed E-state index contributed by atoms with van der Waals surface area (Å²) < 4.78 is 10.6. The van der Waals surface area contributed by atoms with Gasteiger partial charge in [0.15, 0.2) is 0 Å². The van der Waals surface area contributed by atoms with Crippen molar-refractivity contribution in [2.45, 2.75) is 19.4 Å². The van der Waals surface area contributed by atoms with Crippen LogP contribution in [-0.2, 0) is 11.3 Å². The first-order valence-corrected chi connectivity index (χ1v) is 8.85. The van der Waals surface area contributed by atoms with E-state index in [4.69, 9.17) is 9.47 Å². The van der Waals surface area contributed by atoms with Crippen LogP contribution in [0.15, 0.2) is 42.7 Å². The maximum Gasteiger partial charge on any atom is 0.223 e. The van der Waals surface area contributed by atoms with Gasteiger partial charge in [-0.15, -0.1) is 0 Å². The van der Waals surface area contributed by atoms with Crippen LogP contribution in [0.1, 0.15) is 18.4 Å². The van der Waals surface area contributed by atoms with Gasteiger partial charge in [0, 0.05) is 55.3 Å². The summed E-state index contributed by atoms with van der Waals surface area (Å²) in [5.41, 5.74) is 2.11. The molecular formula is C20H25N3O3. The number of rotatable bonds is 6. The van der Waals surface area contributed by atoms with E-state index in [1.54, 1.807) is 26.6 Å². The highest BCUT2D eigenvalue weighted by Crippen LogP contribution is 2.25. The van der Waals surface area contributed by atoms with E-state index in [0.717, 1.165) is 43.0 Å². The van der Waals surface area contributed by atoms with Gasteiger partial charge < -0.3 is 19.7 Å². The number of pyridine rings is 1. The van der Waals surface area contributed by atoms with E-state index in [0.29, 0.717) is 6.54 Å². The van der Waals surface area contributed by atoms with Gasteiger partial charge in [0.25, 0.3) is 0 Å². The zero-order valence-electron chi connectivity index (χ0n) is 15.3. The van der Waals surface area contributed by atoms with Crippen LogP contribution in [-0.4, -0.2) is 38.2 Å². The molecule has 3 rings (SSSR count). The number of aromatic nitrogens is 1. The van der Waals surface area contributed by atoms with Crippen LogP contribution < -0.4 is 19.7 Å².